The number of rotatable bonds is 2. The lowest BCUT2D eigenvalue weighted by molar-refractivity contribution is 0.462. The first-order valence-electron chi connectivity index (χ1n) is 6.53. The third kappa shape index (κ3) is 3.00. The molecule has 1 atom stereocenters. The molecule has 0 spiro atoms. The van der Waals surface area contributed by atoms with Gasteiger partial charge in [-0.3, -0.25) is 0 Å². The van der Waals surface area contributed by atoms with Crippen LogP contribution in [0.5, 0.6) is 0 Å². The number of hydrogen-bond acceptors (Lipinski definition) is 3. The zero-order valence-corrected chi connectivity index (χ0v) is 13.7. The Bertz CT molecular complexity index is 578. The molecule has 1 N–H and O–H groups in total. The van der Waals surface area contributed by atoms with E-state index in [1.54, 1.807) is 11.3 Å². The molecule has 1 saturated heterocycles. The third-order valence-electron chi connectivity index (χ3n) is 3.24. The minimum atomic E-state index is 0.362. The zero-order chi connectivity index (χ0) is 13.9. The lowest BCUT2D eigenvalue weighted by atomic mass is 10.2. The Morgan fingerprint density at radius 1 is 1.30 bits per heavy atom. The second kappa shape index (κ2) is 6.16. The van der Waals surface area contributed by atoms with Crippen molar-refractivity contribution in [3.8, 4) is 0 Å². The van der Waals surface area contributed by atoms with Crippen molar-refractivity contribution >= 4 is 46.1 Å². The van der Waals surface area contributed by atoms with Gasteiger partial charge in [0.15, 0.2) is 5.11 Å². The van der Waals surface area contributed by atoms with Crippen molar-refractivity contribution < 1.29 is 0 Å². The molecule has 1 aromatic heterocycles. The van der Waals surface area contributed by atoms with Gasteiger partial charge in [0.2, 0.25) is 0 Å². The molecule has 104 valence electrons. The number of thiocarbonyl (C=S) groups is 1. The molecule has 1 fully saturated rings. The molecule has 1 aromatic carbocycles. The highest BCUT2D eigenvalue weighted by Crippen LogP contribution is 2.40. The molecule has 0 amide bonds. The van der Waals surface area contributed by atoms with Crippen molar-refractivity contribution in [1.29, 1.82) is 0 Å². The van der Waals surface area contributed by atoms with Crippen molar-refractivity contribution in [3.05, 3.63) is 52.2 Å². The Labute approximate surface area is 133 Å². The summed E-state index contributed by atoms with van der Waals surface area (Å²) in [5, 5.41) is 6.66. The highest BCUT2D eigenvalue weighted by atomic mass is 32.2. The first kappa shape index (κ1) is 13.9. The second-order valence-electron chi connectivity index (χ2n) is 4.73. The van der Waals surface area contributed by atoms with Crippen LogP contribution in [0.15, 0.2) is 41.8 Å². The lowest BCUT2D eigenvalue weighted by Crippen LogP contribution is -2.33. The summed E-state index contributed by atoms with van der Waals surface area (Å²) in [4.78, 5) is 3.66. The van der Waals surface area contributed by atoms with Gasteiger partial charge in [-0.1, -0.05) is 23.8 Å². The van der Waals surface area contributed by atoms with Gasteiger partial charge in [0, 0.05) is 22.9 Å². The molecule has 2 aromatic rings. The van der Waals surface area contributed by atoms with Gasteiger partial charge in [-0.05, 0) is 42.7 Å². The van der Waals surface area contributed by atoms with Crippen molar-refractivity contribution in [2.24, 2.45) is 0 Å². The lowest BCUT2D eigenvalue weighted by Gasteiger charge is -2.26. The van der Waals surface area contributed by atoms with Gasteiger partial charge in [-0.25, -0.2) is 0 Å². The van der Waals surface area contributed by atoms with E-state index in [2.05, 4.69) is 58.9 Å². The largest absolute Gasteiger partial charge is 0.333 e. The topological polar surface area (TPSA) is 15.3 Å². The van der Waals surface area contributed by atoms with Gasteiger partial charge in [0.1, 0.15) is 5.37 Å². The van der Waals surface area contributed by atoms with Crippen LogP contribution in [0.25, 0.3) is 0 Å². The summed E-state index contributed by atoms with van der Waals surface area (Å²) < 4.78 is 0. The number of nitrogens with zero attached hydrogens (tertiary/aromatic N) is 1. The van der Waals surface area contributed by atoms with Crippen LogP contribution in [-0.4, -0.2) is 22.3 Å². The van der Waals surface area contributed by atoms with Crippen LogP contribution in [0.1, 0.15) is 15.8 Å². The molecule has 0 radical (unpaired) electrons. The Morgan fingerprint density at radius 3 is 2.80 bits per heavy atom. The molecule has 0 unspecified atom stereocenters. The number of thioether (sulfide) groups is 1. The molecule has 0 aliphatic carbocycles. The molecule has 0 saturated carbocycles. The van der Waals surface area contributed by atoms with E-state index in [1.165, 1.54) is 10.4 Å². The average Bonchev–Trinajstić information content (AvgIpc) is 3.11. The smallest absolute Gasteiger partial charge is 0.174 e. The summed E-state index contributed by atoms with van der Waals surface area (Å²) in [5.41, 5.74) is 2.32. The fourth-order valence-corrected chi connectivity index (χ4v) is 4.80. The van der Waals surface area contributed by atoms with E-state index >= 15 is 0 Å². The van der Waals surface area contributed by atoms with Gasteiger partial charge < -0.3 is 10.2 Å². The molecule has 1 aliphatic heterocycles. The maximum absolute atomic E-state index is 5.59. The standard InChI is InChI=1S/C15H16N2S3/c1-11-4-6-12(7-5-11)16-15(18)17-8-10-20-14(17)13-3-2-9-19-13/h2-7,9,14H,8,10H2,1H3,(H,16,18)/t14-/m0/s1. The maximum atomic E-state index is 5.59. The van der Waals surface area contributed by atoms with Crippen molar-refractivity contribution in [2.75, 3.05) is 17.6 Å². The van der Waals surface area contributed by atoms with Crippen molar-refractivity contribution in [2.45, 2.75) is 12.3 Å². The number of anilines is 1. The fraction of sp³-hybridized carbons (Fsp3) is 0.267. The van der Waals surface area contributed by atoms with Gasteiger partial charge in [-0.15, -0.1) is 23.1 Å². The molecule has 0 bridgehead atoms. The summed E-state index contributed by atoms with van der Waals surface area (Å²) in [7, 11) is 0. The molecule has 3 rings (SSSR count). The minimum absolute atomic E-state index is 0.362. The van der Waals surface area contributed by atoms with E-state index in [-0.39, 0.29) is 0 Å². The van der Waals surface area contributed by atoms with Gasteiger partial charge in [0.05, 0.1) is 0 Å². The van der Waals surface area contributed by atoms with Crippen LogP contribution < -0.4 is 5.32 Å². The molecular weight excluding hydrogens is 304 g/mol. The summed E-state index contributed by atoms with van der Waals surface area (Å²) in [6.45, 7) is 3.09. The quantitative estimate of drug-likeness (QED) is 0.819. The van der Waals surface area contributed by atoms with Crippen LogP contribution in [0, 0.1) is 6.92 Å². The summed E-state index contributed by atoms with van der Waals surface area (Å²) in [5.74, 6) is 1.12. The van der Waals surface area contributed by atoms with E-state index in [0.717, 1.165) is 23.1 Å². The van der Waals surface area contributed by atoms with Gasteiger partial charge in [-0.2, -0.15) is 0 Å². The van der Waals surface area contributed by atoms with Crippen LogP contribution in [0.2, 0.25) is 0 Å². The number of hydrogen-bond donors (Lipinski definition) is 1. The molecule has 2 heterocycles. The molecule has 1 aliphatic rings. The van der Waals surface area contributed by atoms with E-state index in [4.69, 9.17) is 12.2 Å². The molecule has 5 heteroatoms. The Kier molecular flexibility index (Phi) is 4.29. The predicted octanol–water partition coefficient (Wildman–Crippen LogP) is 4.50. The SMILES string of the molecule is Cc1ccc(NC(=S)N2CCS[C@H]2c2cccs2)cc1. The molecular formula is C15H16N2S3. The number of nitrogens with one attached hydrogen (secondary N) is 1. The van der Waals surface area contributed by atoms with E-state index < -0.39 is 0 Å². The fourth-order valence-electron chi connectivity index (χ4n) is 2.18. The van der Waals surface area contributed by atoms with Crippen LogP contribution >= 0.6 is 35.3 Å². The molecule has 2 nitrogen and oxygen atoms in total. The van der Waals surface area contributed by atoms with E-state index in [0.29, 0.717) is 5.37 Å². The Hall–Kier alpha value is -1.04. The highest BCUT2D eigenvalue weighted by Gasteiger charge is 2.29. The van der Waals surface area contributed by atoms with E-state index in [1.807, 2.05) is 11.8 Å². The maximum Gasteiger partial charge on any atom is 0.174 e. The first-order valence-corrected chi connectivity index (χ1v) is 8.87. The first-order chi connectivity index (χ1) is 9.74. The number of aryl methyl sites for hydroxylation is 1. The van der Waals surface area contributed by atoms with Crippen LogP contribution in [0.3, 0.4) is 0 Å². The Morgan fingerprint density at radius 2 is 2.10 bits per heavy atom. The second-order valence-corrected chi connectivity index (χ2v) is 7.28. The predicted molar refractivity (Wildman–Crippen MR) is 93.6 cm³/mol. The van der Waals surface area contributed by atoms with Gasteiger partial charge in [0.25, 0.3) is 0 Å². The van der Waals surface area contributed by atoms with E-state index in [9.17, 15) is 0 Å². The monoisotopic (exact) mass is 320 g/mol. The minimum Gasteiger partial charge on any atom is -0.333 e. The van der Waals surface area contributed by atoms with Crippen LogP contribution in [0.4, 0.5) is 5.69 Å². The summed E-state index contributed by atoms with van der Waals surface area (Å²) >= 11 is 9.34. The number of benzene rings is 1. The third-order valence-corrected chi connectivity index (χ3v) is 5.89. The van der Waals surface area contributed by atoms with Crippen LogP contribution in [-0.2, 0) is 0 Å². The van der Waals surface area contributed by atoms with Crippen molar-refractivity contribution in [3.63, 3.8) is 0 Å². The van der Waals surface area contributed by atoms with Crippen molar-refractivity contribution in [1.82, 2.24) is 4.90 Å². The molecule has 20 heavy (non-hydrogen) atoms. The Balaban J connectivity index is 1.71. The van der Waals surface area contributed by atoms with Gasteiger partial charge >= 0.3 is 0 Å². The highest BCUT2D eigenvalue weighted by molar-refractivity contribution is 7.99. The average molecular weight is 321 g/mol. The normalized spacial score (nSPS) is 18.2. The summed E-state index contributed by atoms with van der Waals surface area (Å²) in [6.07, 6.45) is 0. The summed E-state index contributed by atoms with van der Waals surface area (Å²) in [6, 6.07) is 12.6. The zero-order valence-electron chi connectivity index (χ0n) is 11.2. The number of thiophene rings is 1.